The molecule has 2 unspecified atom stereocenters. The van der Waals surface area contributed by atoms with Crippen LogP contribution in [-0.4, -0.2) is 51.4 Å². The Kier molecular flexibility index (Phi) is 6.49. The molecule has 6 rings (SSSR count). The number of amides is 1. The molecule has 1 aliphatic heterocycles. The summed E-state index contributed by atoms with van der Waals surface area (Å²) in [5, 5.41) is 13.6. The topological polar surface area (TPSA) is 106 Å². The van der Waals surface area contributed by atoms with Crippen LogP contribution in [-0.2, 0) is 20.9 Å². The molecule has 3 aromatic rings. The zero-order chi connectivity index (χ0) is 23.8. The zero-order valence-electron chi connectivity index (χ0n) is 19.6. The summed E-state index contributed by atoms with van der Waals surface area (Å²) in [6.07, 6.45) is 8.89. The summed E-state index contributed by atoms with van der Waals surface area (Å²) in [5.41, 5.74) is 2.78. The van der Waals surface area contributed by atoms with Crippen molar-refractivity contribution in [3.05, 3.63) is 36.4 Å². The third kappa shape index (κ3) is 5.09. The van der Waals surface area contributed by atoms with Crippen molar-refractivity contribution in [1.29, 1.82) is 0 Å². The maximum Gasteiger partial charge on any atom is 0.229 e. The summed E-state index contributed by atoms with van der Waals surface area (Å²) in [7, 11) is 0. The third-order valence-corrected chi connectivity index (χ3v) is 8.48. The number of benzene rings is 1. The Hall–Kier alpha value is -2.46. The Morgan fingerprint density at radius 3 is 2.74 bits per heavy atom. The van der Waals surface area contributed by atoms with Gasteiger partial charge in [0.2, 0.25) is 5.91 Å². The number of aliphatic hydroxyl groups is 1. The fraction of sp³-hybridized carbons (Fsp3) is 0.538. The van der Waals surface area contributed by atoms with Crippen molar-refractivity contribution in [2.75, 3.05) is 18.5 Å². The lowest BCUT2D eigenvalue weighted by Gasteiger charge is -2.21. The molecule has 2 aromatic heterocycles. The van der Waals surface area contributed by atoms with Gasteiger partial charge in [0.15, 0.2) is 11.0 Å². The van der Waals surface area contributed by atoms with Crippen LogP contribution in [0.3, 0.4) is 0 Å². The highest BCUT2D eigenvalue weighted by atomic mass is 32.1. The van der Waals surface area contributed by atoms with Crippen LogP contribution in [0, 0.1) is 17.8 Å². The van der Waals surface area contributed by atoms with Gasteiger partial charge in [-0.3, -0.25) is 4.79 Å². The van der Waals surface area contributed by atoms with E-state index < -0.39 is 0 Å². The maximum atomic E-state index is 12.8. The first-order valence-electron chi connectivity index (χ1n) is 12.5. The number of fused-ring (bicyclic) bond motifs is 1. The lowest BCUT2D eigenvalue weighted by molar-refractivity contribution is -0.117. The highest BCUT2D eigenvalue weighted by Crippen LogP contribution is 2.48. The highest BCUT2D eigenvalue weighted by Gasteiger charge is 2.47. The summed E-state index contributed by atoms with van der Waals surface area (Å²) in [5.74, 6) is 1.92. The predicted octanol–water partition coefficient (Wildman–Crippen LogP) is 4.18. The molecule has 35 heavy (non-hydrogen) atoms. The average Bonchev–Trinajstić information content (AvgIpc) is 3.44. The van der Waals surface area contributed by atoms with Crippen molar-refractivity contribution in [3.8, 4) is 11.1 Å². The van der Waals surface area contributed by atoms with Crippen molar-refractivity contribution in [2.45, 2.75) is 57.3 Å². The van der Waals surface area contributed by atoms with E-state index in [1.807, 2.05) is 12.1 Å². The molecule has 4 atom stereocenters. The maximum absolute atomic E-state index is 12.8. The highest BCUT2D eigenvalue weighted by molar-refractivity contribution is 7.22. The van der Waals surface area contributed by atoms with Crippen LogP contribution < -0.4 is 5.32 Å². The van der Waals surface area contributed by atoms with Crippen molar-refractivity contribution < 1.29 is 19.4 Å². The second-order valence-corrected chi connectivity index (χ2v) is 10.9. The van der Waals surface area contributed by atoms with Crippen LogP contribution in [0.5, 0.6) is 0 Å². The molecule has 2 aliphatic carbocycles. The van der Waals surface area contributed by atoms with E-state index in [4.69, 9.17) is 9.47 Å². The molecule has 8 nitrogen and oxygen atoms in total. The summed E-state index contributed by atoms with van der Waals surface area (Å²) in [6.45, 7) is 1.94. The third-order valence-electron chi connectivity index (χ3n) is 7.55. The molecule has 0 radical (unpaired) electrons. The van der Waals surface area contributed by atoms with E-state index in [0.29, 0.717) is 29.4 Å². The van der Waals surface area contributed by atoms with Gasteiger partial charge in [-0.05, 0) is 68.1 Å². The minimum absolute atomic E-state index is 0.0945. The minimum atomic E-state index is -0.382. The standard InChI is InChI=1S/C26H30N4O4S/c31-21-2-1-3-22(21)34-14-24-27-12-17(13-28-24)16-4-5-20-23(10-16)35-26(29-20)30-25(32)19-11-18(19)15-6-8-33-9-7-15/h4-5,10,12-13,15,18-19,21-22,31H,1-3,6-9,11,14H2,(H,29,30,32)/t18?,19?,21-,22-/m0/s1. The number of nitrogens with zero attached hydrogens (tertiary/aromatic N) is 3. The number of rotatable bonds is 7. The molecular formula is C26H30N4O4S. The second-order valence-electron chi connectivity index (χ2n) is 9.88. The van der Waals surface area contributed by atoms with Crippen LogP contribution in [0.4, 0.5) is 5.13 Å². The first-order valence-corrected chi connectivity index (χ1v) is 13.4. The van der Waals surface area contributed by atoms with Gasteiger partial charge in [-0.25, -0.2) is 15.0 Å². The van der Waals surface area contributed by atoms with Crippen molar-refractivity contribution in [3.63, 3.8) is 0 Å². The molecule has 3 fully saturated rings. The average molecular weight is 495 g/mol. The molecule has 2 N–H and O–H groups in total. The summed E-state index contributed by atoms with van der Waals surface area (Å²) in [6, 6.07) is 6.03. The number of carbonyl (C=O) groups excluding carboxylic acids is 1. The molecule has 184 valence electrons. The largest absolute Gasteiger partial charge is 0.390 e. The quantitative estimate of drug-likeness (QED) is 0.507. The van der Waals surface area contributed by atoms with Gasteiger partial charge < -0.3 is 19.9 Å². The van der Waals surface area contributed by atoms with E-state index in [-0.39, 0.29) is 24.0 Å². The number of hydrogen-bond donors (Lipinski definition) is 2. The van der Waals surface area contributed by atoms with Crippen molar-refractivity contribution in [2.24, 2.45) is 17.8 Å². The first kappa shape index (κ1) is 23.0. The molecular weight excluding hydrogens is 464 g/mol. The molecule has 3 aliphatic rings. The van der Waals surface area contributed by atoms with E-state index in [1.54, 1.807) is 12.4 Å². The SMILES string of the molecule is O=C(Nc1nc2ccc(-c3cnc(CO[C@H]4CCC[C@@H]4O)nc3)cc2s1)C1CC1C1CCOCC1. The Bertz CT molecular complexity index is 1190. The Morgan fingerprint density at radius 2 is 1.97 bits per heavy atom. The van der Waals surface area contributed by atoms with Gasteiger partial charge in [0.1, 0.15) is 6.61 Å². The first-order chi connectivity index (χ1) is 17.1. The van der Waals surface area contributed by atoms with Crippen molar-refractivity contribution in [1.82, 2.24) is 15.0 Å². The molecule has 1 amide bonds. The number of aromatic nitrogens is 3. The summed E-state index contributed by atoms with van der Waals surface area (Å²) < 4.78 is 12.2. The lowest BCUT2D eigenvalue weighted by atomic mass is 9.93. The van der Waals surface area contributed by atoms with Crippen LogP contribution in [0.1, 0.15) is 44.3 Å². The predicted molar refractivity (Wildman–Crippen MR) is 133 cm³/mol. The van der Waals surface area contributed by atoms with Crippen molar-refractivity contribution >= 4 is 32.6 Å². The molecule has 2 saturated carbocycles. The van der Waals surface area contributed by atoms with E-state index in [0.717, 1.165) is 73.1 Å². The van der Waals surface area contributed by atoms with Crippen LogP contribution in [0.2, 0.25) is 0 Å². The Labute approximate surface area is 208 Å². The number of carbonyl (C=O) groups is 1. The molecule has 1 saturated heterocycles. The van der Waals surface area contributed by atoms with Crippen LogP contribution >= 0.6 is 11.3 Å². The van der Waals surface area contributed by atoms with Gasteiger partial charge in [0.05, 0.1) is 22.4 Å². The Morgan fingerprint density at radius 1 is 1.14 bits per heavy atom. The molecule has 1 aromatic carbocycles. The fourth-order valence-corrected chi connectivity index (χ4v) is 6.31. The van der Waals surface area contributed by atoms with Gasteiger partial charge in [-0.15, -0.1) is 0 Å². The number of anilines is 1. The Balaban J connectivity index is 1.08. The van der Waals surface area contributed by atoms with Gasteiger partial charge in [-0.1, -0.05) is 17.4 Å². The number of aliphatic hydroxyl groups excluding tert-OH is 1. The summed E-state index contributed by atoms with van der Waals surface area (Å²) >= 11 is 1.49. The molecule has 0 spiro atoms. The van der Waals surface area contributed by atoms with E-state index in [9.17, 15) is 9.90 Å². The van der Waals surface area contributed by atoms with Gasteiger partial charge in [0.25, 0.3) is 0 Å². The van der Waals surface area contributed by atoms with E-state index >= 15 is 0 Å². The van der Waals surface area contributed by atoms with Crippen LogP contribution in [0.25, 0.3) is 21.3 Å². The lowest BCUT2D eigenvalue weighted by Crippen LogP contribution is -2.22. The molecule has 9 heteroatoms. The second kappa shape index (κ2) is 9.89. The smallest absolute Gasteiger partial charge is 0.229 e. The van der Waals surface area contributed by atoms with Crippen LogP contribution in [0.15, 0.2) is 30.6 Å². The minimum Gasteiger partial charge on any atom is -0.390 e. The van der Waals surface area contributed by atoms with E-state index in [1.165, 1.54) is 11.3 Å². The number of ether oxygens (including phenoxy) is 2. The van der Waals surface area contributed by atoms with Gasteiger partial charge >= 0.3 is 0 Å². The van der Waals surface area contributed by atoms with Gasteiger partial charge in [-0.2, -0.15) is 0 Å². The normalized spacial score (nSPS) is 26.8. The molecule has 0 bridgehead atoms. The summed E-state index contributed by atoms with van der Waals surface area (Å²) in [4.78, 5) is 26.3. The number of nitrogens with one attached hydrogen (secondary N) is 1. The number of thiazole rings is 1. The fourth-order valence-electron chi connectivity index (χ4n) is 5.40. The van der Waals surface area contributed by atoms with E-state index in [2.05, 4.69) is 26.3 Å². The monoisotopic (exact) mass is 494 g/mol. The zero-order valence-corrected chi connectivity index (χ0v) is 20.4. The number of hydrogen-bond acceptors (Lipinski definition) is 8. The molecule has 3 heterocycles. The van der Waals surface area contributed by atoms with Gasteiger partial charge in [0, 0.05) is 37.1 Å².